The number of allylic oxidation sites excluding steroid dienone is 1. The van der Waals surface area contributed by atoms with Crippen LogP contribution in [0.1, 0.15) is 65.2 Å². The lowest BCUT2D eigenvalue weighted by atomic mass is 10.0. The Kier molecular flexibility index (Phi) is 11.0. The zero-order chi connectivity index (χ0) is 15.4. The summed E-state index contributed by atoms with van der Waals surface area (Å²) in [6, 6.07) is 0. The van der Waals surface area contributed by atoms with Gasteiger partial charge in [0, 0.05) is 0 Å². The predicted molar refractivity (Wildman–Crippen MR) is 79.4 cm³/mol. The van der Waals surface area contributed by atoms with E-state index in [0.717, 1.165) is 12.8 Å². The van der Waals surface area contributed by atoms with Crippen LogP contribution >= 0.6 is 0 Å². The number of carbonyl (C=O) groups excluding carboxylic acids is 2. The zero-order valence-corrected chi connectivity index (χ0v) is 13.0. The first-order chi connectivity index (χ1) is 9.54. The van der Waals surface area contributed by atoms with E-state index in [-0.39, 0.29) is 5.57 Å². The van der Waals surface area contributed by atoms with Crippen LogP contribution in [-0.2, 0) is 14.3 Å². The van der Waals surface area contributed by atoms with Crippen LogP contribution in [0.2, 0.25) is 0 Å². The van der Waals surface area contributed by atoms with Gasteiger partial charge in [0.15, 0.2) is 5.78 Å². The van der Waals surface area contributed by atoms with Crippen molar-refractivity contribution in [3.8, 4) is 0 Å². The summed E-state index contributed by atoms with van der Waals surface area (Å²) in [5.41, 5.74) is 0.0611. The molecule has 0 radical (unpaired) electrons. The fourth-order valence-corrected chi connectivity index (χ4v) is 2.00. The Morgan fingerprint density at radius 3 is 2.15 bits per heavy atom. The van der Waals surface area contributed by atoms with Crippen molar-refractivity contribution in [2.75, 3.05) is 7.11 Å². The molecular formula is C16H28O4. The third kappa shape index (κ3) is 8.10. The van der Waals surface area contributed by atoms with Gasteiger partial charge in [0.2, 0.25) is 0 Å². The lowest BCUT2D eigenvalue weighted by Gasteiger charge is -2.10. The van der Waals surface area contributed by atoms with Crippen molar-refractivity contribution in [3.63, 3.8) is 0 Å². The Morgan fingerprint density at radius 2 is 1.65 bits per heavy atom. The third-order valence-electron chi connectivity index (χ3n) is 3.27. The van der Waals surface area contributed by atoms with E-state index < -0.39 is 17.9 Å². The molecule has 0 saturated heterocycles. The first-order valence-electron chi connectivity index (χ1n) is 7.51. The molecule has 0 unspecified atom stereocenters. The van der Waals surface area contributed by atoms with Gasteiger partial charge in [-0.25, -0.2) is 4.79 Å². The largest absolute Gasteiger partial charge is 0.466 e. The van der Waals surface area contributed by atoms with Gasteiger partial charge in [0.05, 0.1) is 12.7 Å². The van der Waals surface area contributed by atoms with Gasteiger partial charge in [0.1, 0.15) is 6.10 Å². The SMILES string of the molecule is CCCCCCCCCC=C(C(=O)OC)[C@H](O)C(C)=O. The van der Waals surface area contributed by atoms with Crippen molar-refractivity contribution in [2.24, 2.45) is 0 Å². The number of carbonyl (C=O) groups is 2. The molecule has 1 atom stereocenters. The first-order valence-corrected chi connectivity index (χ1v) is 7.51. The Balaban J connectivity index is 4.09. The molecule has 0 bridgehead atoms. The molecule has 4 heteroatoms. The van der Waals surface area contributed by atoms with Crippen LogP contribution in [0.4, 0.5) is 0 Å². The molecule has 20 heavy (non-hydrogen) atoms. The third-order valence-corrected chi connectivity index (χ3v) is 3.27. The topological polar surface area (TPSA) is 63.6 Å². The van der Waals surface area contributed by atoms with Gasteiger partial charge in [-0.05, 0) is 19.8 Å². The highest BCUT2D eigenvalue weighted by atomic mass is 16.5. The van der Waals surface area contributed by atoms with Crippen molar-refractivity contribution in [2.45, 2.75) is 71.3 Å². The number of ether oxygens (including phenoxy) is 1. The second kappa shape index (κ2) is 11.6. The molecule has 0 aromatic heterocycles. The summed E-state index contributed by atoms with van der Waals surface area (Å²) in [4.78, 5) is 22.6. The molecule has 0 amide bonds. The lowest BCUT2D eigenvalue weighted by molar-refractivity contribution is -0.139. The molecule has 0 saturated carbocycles. The monoisotopic (exact) mass is 284 g/mol. The second-order valence-electron chi connectivity index (χ2n) is 5.07. The Bertz CT molecular complexity index is 320. The van der Waals surface area contributed by atoms with Gasteiger partial charge in [-0.1, -0.05) is 51.5 Å². The van der Waals surface area contributed by atoms with Crippen molar-refractivity contribution >= 4 is 11.8 Å². The van der Waals surface area contributed by atoms with Gasteiger partial charge in [-0.2, -0.15) is 0 Å². The van der Waals surface area contributed by atoms with Crippen LogP contribution in [0.5, 0.6) is 0 Å². The van der Waals surface area contributed by atoms with Crippen molar-refractivity contribution in [1.82, 2.24) is 0 Å². The van der Waals surface area contributed by atoms with E-state index in [1.54, 1.807) is 6.08 Å². The van der Waals surface area contributed by atoms with Crippen LogP contribution in [0.25, 0.3) is 0 Å². The van der Waals surface area contributed by atoms with Crippen LogP contribution in [0, 0.1) is 0 Å². The molecule has 0 heterocycles. The molecule has 116 valence electrons. The number of esters is 1. The van der Waals surface area contributed by atoms with Crippen molar-refractivity contribution in [1.29, 1.82) is 0 Å². The highest BCUT2D eigenvalue weighted by Gasteiger charge is 2.22. The minimum atomic E-state index is -1.37. The summed E-state index contributed by atoms with van der Waals surface area (Å²) in [7, 11) is 1.25. The average Bonchev–Trinajstić information content (AvgIpc) is 2.44. The van der Waals surface area contributed by atoms with Crippen molar-refractivity contribution < 1.29 is 19.4 Å². The van der Waals surface area contributed by atoms with E-state index >= 15 is 0 Å². The van der Waals surface area contributed by atoms with Gasteiger partial charge in [-0.3, -0.25) is 4.79 Å². The van der Waals surface area contributed by atoms with E-state index in [1.807, 2.05) is 0 Å². The maximum absolute atomic E-state index is 11.5. The highest BCUT2D eigenvalue weighted by molar-refractivity contribution is 5.98. The molecule has 0 spiro atoms. The first kappa shape index (κ1) is 18.8. The van der Waals surface area contributed by atoms with E-state index in [1.165, 1.54) is 46.1 Å². The Hall–Kier alpha value is -1.16. The van der Waals surface area contributed by atoms with Crippen LogP contribution in [0.15, 0.2) is 11.6 Å². The number of aliphatic hydroxyl groups excluding tert-OH is 1. The molecule has 0 fully saturated rings. The summed E-state index contributed by atoms with van der Waals surface area (Å²) in [5.74, 6) is -1.07. The second-order valence-corrected chi connectivity index (χ2v) is 5.07. The molecule has 0 aromatic rings. The van der Waals surface area contributed by atoms with E-state index in [2.05, 4.69) is 11.7 Å². The lowest BCUT2D eigenvalue weighted by Crippen LogP contribution is -2.25. The van der Waals surface area contributed by atoms with E-state index in [0.29, 0.717) is 6.42 Å². The molecule has 0 rings (SSSR count). The number of Topliss-reactive ketones (excluding diaryl/α,β-unsaturated/α-hetero) is 1. The van der Waals surface area contributed by atoms with Gasteiger partial charge < -0.3 is 9.84 Å². The van der Waals surface area contributed by atoms with Crippen LogP contribution in [-0.4, -0.2) is 30.1 Å². The maximum atomic E-state index is 11.5. The van der Waals surface area contributed by atoms with Gasteiger partial charge in [-0.15, -0.1) is 0 Å². The molecular weight excluding hydrogens is 256 g/mol. The van der Waals surface area contributed by atoms with E-state index in [4.69, 9.17) is 0 Å². The Morgan fingerprint density at radius 1 is 1.10 bits per heavy atom. The number of aliphatic hydroxyl groups is 1. The van der Waals surface area contributed by atoms with Crippen LogP contribution in [0.3, 0.4) is 0 Å². The maximum Gasteiger partial charge on any atom is 0.336 e. The fourth-order valence-electron chi connectivity index (χ4n) is 2.00. The fraction of sp³-hybridized carbons (Fsp3) is 0.750. The minimum Gasteiger partial charge on any atom is -0.466 e. The number of hydrogen-bond acceptors (Lipinski definition) is 4. The number of unbranched alkanes of at least 4 members (excludes halogenated alkanes) is 7. The summed E-state index contributed by atoms with van der Waals surface area (Å²) in [6.45, 7) is 3.45. The smallest absolute Gasteiger partial charge is 0.336 e. The number of ketones is 1. The molecule has 0 aliphatic rings. The average molecular weight is 284 g/mol. The molecule has 0 aromatic carbocycles. The van der Waals surface area contributed by atoms with Gasteiger partial charge in [0.25, 0.3) is 0 Å². The highest BCUT2D eigenvalue weighted by Crippen LogP contribution is 2.12. The molecule has 4 nitrogen and oxygen atoms in total. The summed E-state index contributed by atoms with van der Waals surface area (Å²) in [5, 5.41) is 9.67. The minimum absolute atomic E-state index is 0.0611. The quantitative estimate of drug-likeness (QED) is 0.359. The van der Waals surface area contributed by atoms with Gasteiger partial charge >= 0.3 is 5.97 Å². The summed E-state index contributed by atoms with van der Waals surface area (Å²) in [6.07, 6.45) is 9.25. The van der Waals surface area contributed by atoms with E-state index in [9.17, 15) is 14.7 Å². The summed E-state index contributed by atoms with van der Waals surface area (Å²) >= 11 is 0. The Labute approximate surface area is 122 Å². The number of methoxy groups -OCH3 is 1. The number of rotatable bonds is 11. The normalized spacial score (nSPS) is 13.1. The number of hydrogen-bond donors (Lipinski definition) is 1. The predicted octanol–water partition coefficient (Wildman–Crippen LogP) is 3.18. The molecule has 0 aliphatic carbocycles. The summed E-state index contributed by atoms with van der Waals surface area (Å²) < 4.78 is 4.59. The molecule has 0 aliphatic heterocycles. The standard InChI is InChI=1S/C16H28O4/c1-4-5-6-7-8-9-10-11-12-14(16(19)20-3)15(18)13(2)17/h12,15,18H,4-11H2,1-3H3/t15-/m1/s1. The zero-order valence-electron chi connectivity index (χ0n) is 13.0. The molecule has 1 N–H and O–H groups in total. The van der Waals surface area contributed by atoms with Crippen LogP contribution < -0.4 is 0 Å². The van der Waals surface area contributed by atoms with Crippen molar-refractivity contribution in [3.05, 3.63) is 11.6 Å².